The van der Waals surface area contributed by atoms with E-state index < -0.39 is 28.8 Å². The molecular weight excluding hydrogens is 406 g/mol. The molecule has 1 aliphatic heterocycles. The number of benzene rings is 2. The number of fused-ring (bicyclic) bond motifs is 3. The first-order valence-electron chi connectivity index (χ1n) is 9.79. The molecule has 1 aromatic heterocycles. The van der Waals surface area contributed by atoms with E-state index in [2.05, 4.69) is 4.98 Å². The molecular formula is C23H22F2N2O4. The highest BCUT2D eigenvalue weighted by Crippen LogP contribution is 2.34. The Kier molecular flexibility index (Phi) is 5.15. The van der Waals surface area contributed by atoms with Crippen LogP contribution >= 0.6 is 0 Å². The number of aromatic amines is 1. The van der Waals surface area contributed by atoms with Crippen molar-refractivity contribution in [3.05, 3.63) is 80.8 Å². The van der Waals surface area contributed by atoms with Crippen LogP contribution in [0, 0.1) is 11.6 Å². The summed E-state index contributed by atoms with van der Waals surface area (Å²) in [6, 6.07) is 7.85. The lowest BCUT2D eigenvalue weighted by Crippen LogP contribution is -2.37. The Morgan fingerprint density at radius 1 is 1.16 bits per heavy atom. The maximum atomic E-state index is 14.0. The molecule has 2 aromatic carbocycles. The first-order valence-corrected chi connectivity index (χ1v) is 9.79. The molecule has 0 aliphatic carbocycles. The van der Waals surface area contributed by atoms with Gasteiger partial charge in [-0.3, -0.25) is 9.59 Å². The van der Waals surface area contributed by atoms with E-state index in [4.69, 9.17) is 4.74 Å². The van der Waals surface area contributed by atoms with Crippen molar-refractivity contribution in [2.75, 3.05) is 13.7 Å². The number of carbonyl (C=O) groups is 1. The number of aromatic nitrogens is 1. The van der Waals surface area contributed by atoms with E-state index in [1.807, 2.05) is 0 Å². The second kappa shape index (κ2) is 7.55. The van der Waals surface area contributed by atoms with Crippen molar-refractivity contribution in [2.24, 2.45) is 0 Å². The summed E-state index contributed by atoms with van der Waals surface area (Å²) in [5.74, 6) is -2.50. The number of nitrogens with one attached hydrogen (secondary N) is 1. The van der Waals surface area contributed by atoms with Crippen molar-refractivity contribution < 1.29 is 23.4 Å². The summed E-state index contributed by atoms with van der Waals surface area (Å²) in [7, 11) is 1.59. The monoisotopic (exact) mass is 428 g/mol. The zero-order valence-corrected chi connectivity index (χ0v) is 17.3. The van der Waals surface area contributed by atoms with Gasteiger partial charge >= 0.3 is 0 Å². The van der Waals surface area contributed by atoms with Crippen molar-refractivity contribution in [1.29, 1.82) is 0 Å². The fourth-order valence-corrected chi connectivity index (χ4v) is 3.91. The molecule has 3 aromatic rings. The Balaban J connectivity index is 1.77. The number of hydrogen-bond donors (Lipinski definition) is 2. The van der Waals surface area contributed by atoms with Crippen LogP contribution in [0.4, 0.5) is 8.78 Å². The number of halogens is 2. The third kappa shape index (κ3) is 3.73. The smallest absolute Gasteiger partial charge is 0.256 e. The lowest BCUT2D eigenvalue weighted by molar-refractivity contribution is 0.0335. The summed E-state index contributed by atoms with van der Waals surface area (Å²) in [6.07, 6.45) is 0. The van der Waals surface area contributed by atoms with Gasteiger partial charge in [-0.1, -0.05) is 12.1 Å². The summed E-state index contributed by atoms with van der Waals surface area (Å²) in [4.78, 5) is 29.6. The van der Waals surface area contributed by atoms with Crippen LogP contribution in [-0.4, -0.2) is 34.6 Å². The zero-order chi connectivity index (χ0) is 22.5. The molecule has 162 valence electrons. The van der Waals surface area contributed by atoms with Crippen LogP contribution in [-0.2, 0) is 16.9 Å². The number of rotatable bonds is 3. The molecule has 0 unspecified atom stereocenters. The number of amides is 1. The third-order valence-electron chi connectivity index (χ3n) is 5.67. The molecule has 0 saturated carbocycles. The van der Waals surface area contributed by atoms with Gasteiger partial charge in [0.05, 0.1) is 30.2 Å². The normalized spacial score (nSPS) is 16.3. The summed E-state index contributed by atoms with van der Waals surface area (Å²) < 4.78 is 33.3. The number of nitrogens with zero attached hydrogens (tertiary/aromatic N) is 1. The number of likely N-dealkylation sites (N-methyl/N-ethyl adjacent to an activating group) is 1. The molecule has 1 amide bonds. The van der Waals surface area contributed by atoms with Crippen LogP contribution in [0.3, 0.4) is 0 Å². The van der Waals surface area contributed by atoms with Crippen molar-refractivity contribution in [1.82, 2.24) is 9.88 Å². The van der Waals surface area contributed by atoms with Crippen LogP contribution in [0.1, 0.15) is 47.1 Å². The minimum absolute atomic E-state index is 0.0138. The topological polar surface area (TPSA) is 82.6 Å². The van der Waals surface area contributed by atoms with Crippen molar-refractivity contribution in [3.8, 4) is 0 Å². The number of pyridine rings is 1. The maximum Gasteiger partial charge on any atom is 0.256 e. The SMILES string of the molecule is CN(C(=O)c1ccc(C(C)(C)O)cc1)[C@H]1COCc2[nH]c(=O)c3cc(F)c(F)cc3c21. The molecule has 0 radical (unpaired) electrons. The summed E-state index contributed by atoms with van der Waals surface area (Å²) in [6.45, 7) is 3.54. The van der Waals surface area contributed by atoms with Gasteiger partial charge in [0.1, 0.15) is 0 Å². The molecule has 6 nitrogen and oxygen atoms in total. The first kappa shape index (κ1) is 21.1. The first-order chi connectivity index (χ1) is 14.6. The molecule has 4 rings (SSSR count). The molecule has 0 saturated heterocycles. The van der Waals surface area contributed by atoms with E-state index >= 15 is 0 Å². The van der Waals surface area contributed by atoms with Gasteiger partial charge < -0.3 is 19.7 Å². The predicted molar refractivity (Wildman–Crippen MR) is 111 cm³/mol. The van der Waals surface area contributed by atoms with Gasteiger partial charge in [-0.05, 0) is 49.1 Å². The van der Waals surface area contributed by atoms with Gasteiger partial charge in [-0.25, -0.2) is 8.78 Å². The van der Waals surface area contributed by atoms with E-state index in [1.54, 1.807) is 45.2 Å². The van der Waals surface area contributed by atoms with Gasteiger partial charge in [0.25, 0.3) is 11.5 Å². The second-order valence-corrected chi connectivity index (χ2v) is 8.24. The Morgan fingerprint density at radius 3 is 2.39 bits per heavy atom. The van der Waals surface area contributed by atoms with Crippen molar-refractivity contribution in [2.45, 2.75) is 32.1 Å². The van der Waals surface area contributed by atoms with Crippen LogP contribution < -0.4 is 5.56 Å². The Bertz CT molecular complexity index is 1230. The number of H-pyrrole nitrogens is 1. The van der Waals surface area contributed by atoms with Gasteiger partial charge in [0, 0.05) is 23.9 Å². The van der Waals surface area contributed by atoms with E-state index in [9.17, 15) is 23.5 Å². The molecule has 1 aliphatic rings. The minimum atomic E-state index is -1.11. The average Bonchev–Trinajstić information content (AvgIpc) is 2.73. The Morgan fingerprint density at radius 2 is 1.77 bits per heavy atom. The van der Waals surface area contributed by atoms with E-state index in [1.165, 1.54) is 4.90 Å². The standard InChI is InChI=1S/C23H22F2N2O4/c1-23(2,30)13-6-4-12(5-7-13)22(29)27(3)19-11-31-10-18-20(19)14-8-16(24)17(25)9-15(14)21(28)26-18/h4-9,19,30H,10-11H2,1-3H3,(H,26,28)/t19-/m0/s1. The number of carbonyl (C=O) groups excluding carboxylic acids is 1. The average molecular weight is 428 g/mol. The lowest BCUT2D eigenvalue weighted by atomic mass is 9.94. The third-order valence-corrected chi connectivity index (χ3v) is 5.67. The van der Waals surface area contributed by atoms with Crippen LogP contribution in [0.2, 0.25) is 0 Å². The van der Waals surface area contributed by atoms with Gasteiger partial charge in [0.2, 0.25) is 0 Å². The van der Waals surface area contributed by atoms with Crippen LogP contribution in [0.15, 0.2) is 41.2 Å². The summed E-state index contributed by atoms with van der Waals surface area (Å²) in [5.41, 5.74) is 0.439. The molecule has 2 N–H and O–H groups in total. The highest BCUT2D eigenvalue weighted by molar-refractivity contribution is 5.95. The van der Waals surface area contributed by atoms with Gasteiger partial charge in [-0.2, -0.15) is 0 Å². The van der Waals surface area contributed by atoms with Crippen molar-refractivity contribution in [3.63, 3.8) is 0 Å². The second-order valence-electron chi connectivity index (χ2n) is 8.24. The summed E-state index contributed by atoms with van der Waals surface area (Å²) in [5, 5.41) is 10.4. The predicted octanol–water partition coefficient (Wildman–Crippen LogP) is 3.38. The fraction of sp³-hybridized carbons (Fsp3) is 0.304. The fourth-order valence-electron chi connectivity index (χ4n) is 3.91. The molecule has 2 heterocycles. The highest BCUT2D eigenvalue weighted by Gasteiger charge is 2.31. The minimum Gasteiger partial charge on any atom is -0.386 e. The van der Waals surface area contributed by atoms with Gasteiger partial charge in [-0.15, -0.1) is 0 Å². The molecule has 31 heavy (non-hydrogen) atoms. The number of hydrogen-bond acceptors (Lipinski definition) is 4. The Hall–Kier alpha value is -3.10. The number of ether oxygens (including phenoxy) is 1. The molecule has 0 fully saturated rings. The maximum absolute atomic E-state index is 14.0. The number of aliphatic hydroxyl groups is 1. The summed E-state index contributed by atoms with van der Waals surface area (Å²) >= 11 is 0. The van der Waals surface area contributed by atoms with Crippen LogP contribution in [0.25, 0.3) is 10.8 Å². The quantitative estimate of drug-likeness (QED) is 0.670. The molecule has 0 spiro atoms. The van der Waals surface area contributed by atoms with Gasteiger partial charge in [0.15, 0.2) is 11.6 Å². The Labute approximate surface area is 177 Å². The molecule has 8 heteroatoms. The van der Waals surface area contributed by atoms with Crippen LogP contribution in [0.5, 0.6) is 0 Å². The molecule has 1 atom stereocenters. The van der Waals surface area contributed by atoms with E-state index in [0.717, 1.165) is 12.1 Å². The van der Waals surface area contributed by atoms with E-state index in [-0.39, 0.29) is 29.9 Å². The highest BCUT2D eigenvalue weighted by atomic mass is 19.2. The van der Waals surface area contributed by atoms with Crippen molar-refractivity contribution >= 4 is 16.7 Å². The zero-order valence-electron chi connectivity index (χ0n) is 17.3. The lowest BCUT2D eigenvalue weighted by Gasteiger charge is -2.34. The largest absolute Gasteiger partial charge is 0.386 e. The molecule has 0 bridgehead atoms. The van der Waals surface area contributed by atoms with E-state index in [0.29, 0.717) is 22.4 Å².